The monoisotopic (exact) mass is 394 g/mol. The van der Waals surface area contributed by atoms with E-state index in [1.54, 1.807) is 30.5 Å². The molecule has 0 spiro atoms. The van der Waals surface area contributed by atoms with Crippen molar-refractivity contribution in [2.75, 3.05) is 5.32 Å². The number of halogens is 2. The molecule has 1 fully saturated rings. The third-order valence-corrected chi connectivity index (χ3v) is 6.18. The van der Waals surface area contributed by atoms with E-state index in [2.05, 4.69) is 10.3 Å². The van der Waals surface area contributed by atoms with E-state index in [1.165, 1.54) is 18.2 Å². The van der Waals surface area contributed by atoms with Crippen LogP contribution in [-0.2, 0) is 4.79 Å². The molecule has 5 heteroatoms. The lowest BCUT2D eigenvalue weighted by Gasteiger charge is -2.32. The molecule has 3 aromatic rings. The number of nitrogens with one attached hydrogen (secondary N) is 1. The zero-order chi connectivity index (χ0) is 20.4. The van der Waals surface area contributed by atoms with Crippen molar-refractivity contribution in [3.05, 3.63) is 71.9 Å². The van der Waals surface area contributed by atoms with Crippen molar-refractivity contribution in [2.24, 2.45) is 11.8 Å². The second-order valence-corrected chi connectivity index (χ2v) is 7.96. The maximum Gasteiger partial charge on any atom is 0.227 e. The van der Waals surface area contributed by atoms with Gasteiger partial charge in [0.25, 0.3) is 0 Å². The van der Waals surface area contributed by atoms with E-state index in [0.29, 0.717) is 17.5 Å². The predicted molar refractivity (Wildman–Crippen MR) is 111 cm³/mol. The van der Waals surface area contributed by atoms with E-state index >= 15 is 0 Å². The van der Waals surface area contributed by atoms with Gasteiger partial charge in [-0.1, -0.05) is 6.92 Å². The lowest BCUT2D eigenvalue weighted by Crippen LogP contribution is -2.29. The molecule has 3 nitrogen and oxygen atoms in total. The molecule has 2 aromatic carbocycles. The number of pyridine rings is 1. The van der Waals surface area contributed by atoms with Crippen LogP contribution in [0, 0.1) is 23.5 Å². The number of hydrogen-bond acceptors (Lipinski definition) is 2. The molecular weight excluding hydrogens is 370 g/mol. The highest BCUT2D eigenvalue weighted by Gasteiger charge is 2.30. The highest BCUT2D eigenvalue weighted by atomic mass is 19.1. The molecule has 1 aromatic heterocycles. The van der Waals surface area contributed by atoms with Gasteiger partial charge in [0.15, 0.2) is 0 Å². The normalized spacial score (nSPS) is 20.4. The fourth-order valence-corrected chi connectivity index (χ4v) is 4.43. The van der Waals surface area contributed by atoms with Crippen molar-refractivity contribution in [1.29, 1.82) is 0 Å². The molecule has 1 N–H and O–H groups in total. The highest BCUT2D eigenvalue weighted by Crippen LogP contribution is 2.41. The van der Waals surface area contributed by atoms with Crippen LogP contribution in [0.15, 0.2) is 54.7 Å². The van der Waals surface area contributed by atoms with E-state index in [0.717, 1.165) is 42.1 Å². The van der Waals surface area contributed by atoms with E-state index in [-0.39, 0.29) is 23.5 Å². The first-order valence-corrected chi connectivity index (χ1v) is 10.1. The summed E-state index contributed by atoms with van der Waals surface area (Å²) < 4.78 is 26.8. The molecule has 0 bridgehead atoms. The minimum atomic E-state index is -0.321. The van der Waals surface area contributed by atoms with Crippen molar-refractivity contribution >= 4 is 22.5 Å². The Bertz CT molecular complexity index is 1010. The smallest absolute Gasteiger partial charge is 0.227 e. The topological polar surface area (TPSA) is 42.0 Å². The summed E-state index contributed by atoms with van der Waals surface area (Å²) in [6.45, 7) is 1.96. The first-order valence-electron chi connectivity index (χ1n) is 10.1. The second-order valence-electron chi connectivity index (χ2n) is 7.96. The first kappa shape index (κ1) is 19.5. The summed E-state index contributed by atoms with van der Waals surface area (Å²) in [5.41, 5.74) is 2.58. The molecule has 0 aliphatic heterocycles. The SMILES string of the molecule is CC(C(=O)Nc1ccc(F)cc1)C1CCC(c2ccnc3ccc(F)cc23)CC1. The van der Waals surface area contributed by atoms with Gasteiger partial charge in [0.2, 0.25) is 5.91 Å². The molecular formula is C24H24F2N2O. The Morgan fingerprint density at radius 1 is 1.00 bits per heavy atom. The van der Waals surface area contributed by atoms with Gasteiger partial charge in [-0.25, -0.2) is 8.78 Å². The summed E-state index contributed by atoms with van der Waals surface area (Å²) >= 11 is 0. The van der Waals surface area contributed by atoms with Crippen LogP contribution in [0.1, 0.15) is 44.1 Å². The van der Waals surface area contributed by atoms with Gasteiger partial charge in [-0.15, -0.1) is 0 Å². The fraction of sp³-hybridized carbons (Fsp3) is 0.333. The van der Waals surface area contributed by atoms with Crippen LogP contribution in [-0.4, -0.2) is 10.9 Å². The Balaban J connectivity index is 1.41. The number of amides is 1. The zero-order valence-corrected chi connectivity index (χ0v) is 16.4. The highest BCUT2D eigenvalue weighted by molar-refractivity contribution is 5.92. The summed E-state index contributed by atoms with van der Waals surface area (Å²) in [4.78, 5) is 17.0. The number of benzene rings is 2. The van der Waals surface area contributed by atoms with Gasteiger partial charge in [-0.2, -0.15) is 0 Å². The van der Waals surface area contributed by atoms with Crippen LogP contribution in [0.3, 0.4) is 0 Å². The van der Waals surface area contributed by atoms with Gasteiger partial charge in [0.05, 0.1) is 5.52 Å². The summed E-state index contributed by atoms with van der Waals surface area (Å²) in [7, 11) is 0. The average molecular weight is 394 g/mol. The molecule has 1 heterocycles. The molecule has 29 heavy (non-hydrogen) atoms. The molecule has 1 unspecified atom stereocenters. The third kappa shape index (κ3) is 4.29. The molecule has 4 rings (SSSR count). The zero-order valence-electron chi connectivity index (χ0n) is 16.4. The first-order chi connectivity index (χ1) is 14.0. The van der Waals surface area contributed by atoms with Crippen molar-refractivity contribution in [2.45, 2.75) is 38.5 Å². The number of aromatic nitrogens is 1. The third-order valence-electron chi connectivity index (χ3n) is 6.18. The number of fused-ring (bicyclic) bond motifs is 1. The number of hydrogen-bond donors (Lipinski definition) is 1. The second kappa shape index (κ2) is 8.27. The number of carbonyl (C=O) groups excluding carboxylic acids is 1. The lowest BCUT2D eigenvalue weighted by molar-refractivity contribution is -0.121. The molecule has 1 atom stereocenters. The van der Waals surface area contributed by atoms with Crippen LogP contribution < -0.4 is 5.32 Å². The molecule has 1 saturated carbocycles. The molecule has 1 aliphatic carbocycles. The van der Waals surface area contributed by atoms with E-state index in [9.17, 15) is 13.6 Å². The minimum Gasteiger partial charge on any atom is -0.326 e. The van der Waals surface area contributed by atoms with Crippen LogP contribution in [0.5, 0.6) is 0 Å². The summed E-state index contributed by atoms with van der Waals surface area (Å²) in [5.74, 6) is -0.0593. The molecule has 150 valence electrons. The maximum atomic E-state index is 13.7. The van der Waals surface area contributed by atoms with Gasteiger partial charge in [0.1, 0.15) is 11.6 Å². The van der Waals surface area contributed by atoms with E-state index in [4.69, 9.17) is 0 Å². The van der Waals surface area contributed by atoms with Crippen molar-refractivity contribution in [1.82, 2.24) is 4.98 Å². The molecule has 1 aliphatic rings. The van der Waals surface area contributed by atoms with E-state index < -0.39 is 0 Å². The van der Waals surface area contributed by atoms with Crippen molar-refractivity contribution in [3.63, 3.8) is 0 Å². The van der Waals surface area contributed by atoms with Gasteiger partial charge in [-0.05, 0) is 91.6 Å². The predicted octanol–water partition coefficient (Wildman–Crippen LogP) is 6.06. The van der Waals surface area contributed by atoms with Crippen LogP contribution in [0.2, 0.25) is 0 Å². The summed E-state index contributed by atoms with van der Waals surface area (Å²) in [6.07, 6.45) is 5.62. The van der Waals surface area contributed by atoms with Crippen molar-refractivity contribution < 1.29 is 13.6 Å². The Labute approximate surface area is 169 Å². The van der Waals surface area contributed by atoms with E-state index in [1.807, 2.05) is 13.0 Å². The standard InChI is InChI=1S/C24H24F2N2O/c1-15(24(29)28-20-9-6-18(25)7-10-20)16-2-4-17(5-3-16)21-12-13-27-23-11-8-19(26)14-22(21)23/h6-17H,2-5H2,1H3,(H,28,29). The average Bonchev–Trinajstić information content (AvgIpc) is 2.74. The van der Waals surface area contributed by atoms with Gasteiger partial charge in [-0.3, -0.25) is 9.78 Å². The number of anilines is 1. The number of carbonyl (C=O) groups is 1. The van der Waals surface area contributed by atoms with Crippen LogP contribution >= 0.6 is 0 Å². The summed E-state index contributed by atoms with van der Waals surface area (Å²) in [6, 6.07) is 12.6. The van der Waals surface area contributed by atoms with Crippen LogP contribution in [0.4, 0.5) is 14.5 Å². The Kier molecular flexibility index (Phi) is 5.56. The Morgan fingerprint density at radius 2 is 1.69 bits per heavy atom. The number of nitrogens with zero attached hydrogens (tertiary/aromatic N) is 1. The Morgan fingerprint density at radius 3 is 2.41 bits per heavy atom. The summed E-state index contributed by atoms with van der Waals surface area (Å²) in [5, 5.41) is 3.77. The molecule has 0 saturated heterocycles. The van der Waals surface area contributed by atoms with Crippen LogP contribution in [0.25, 0.3) is 10.9 Å². The van der Waals surface area contributed by atoms with Gasteiger partial charge < -0.3 is 5.32 Å². The molecule has 0 radical (unpaired) electrons. The minimum absolute atomic E-state index is 0.0310. The molecule has 1 amide bonds. The largest absolute Gasteiger partial charge is 0.326 e. The van der Waals surface area contributed by atoms with Crippen molar-refractivity contribution in [3.8, 4) is 0 Å². The Hall–Kier alpha value is -2.82. The van der Waals surface area contributed by atoms with Gasteiger partial charge in [0, 0.05) is 23.2 Å². The van der Waals surface area contributed by atoms with Gasteiger partial charge >= 0.3 is 0 Å². The quantitative estimate of drug-likeness (QED) is 0.584. The maximum absolute atomic E-state index is 13.7. The fourth-order valence-electron chi connectivity index (χ4n) is 4.43. The lowest BCUT2D eigenvalue weighted by atomic mass is 9.73. The number of rotatable bonds is 4.